The molecule has 4 heteroatoms. The molecule has 2 aromatic rings. The maximum atomic E-state index is 4.55. The monoisotopic (exact) mass is 376 g/mol. The van der Waals surface area contributed by atoms with Crippen LogP contribution in [-0.4, -0.2) is 24.8 Å². The van der Waals surface area contributed by atoms with E-state index in [9.17, 15) is 0 Å². The molecule has 0 saturated heterocycles. The number of nitrogens with zero attached hydrogens (tertiary/aromatic N) is 2. The van der Waals surface area contributed by atoms with Gasteiger partial charge in [0, 0.05) is 27.9 Å². The predicted octanol–water partition coefficient (Wildman–Crippen LogP) is 5.83. The highest BCUT2D eigenvalue weighted by molar-refractivity contribution is 9.10. The molecule has 0 aromatic heterocycles. The third kappa shape index (κ3) is 4.37. The molecule has 116 valence electrons. The van der Waals surface area contributed by atoms with Crippen molar-refractivity contribution in [3.05, 3.63) is 52.0 Å². The largest absolute Gasteiger partial charge is 0.366 e. The summed E-state index contributed by atoms with van der Waals surface area (Å²) in [7, 11) is 2.02. The minimum Gasteiger partial charge on any atom is -0.366 e. The van der Waals surface area contributed by atoms with E-state index in [4.69, 9.17) is 0 Å². The van der Waals surface area contributed by atoms with Gasteiger partial charge in [-0.15, -0.1) is 0 Å². The van der Waals surface area contributed by atoms with Gasteiger partial charge in [-0.25, -0.2) is 4.99 Å². The molecule has 0 aliphatic rings. The maximum absolute atomic E-state index is 4.55. The number of aliphatic imine (C=N–C) groups is 1. The molecule has 0 amide bonds. The third-order valence-corrected chi connectivity index (χ3v) is 5.42. The molecule has 0 spiro atoms. The molecule has 0 heterocycles. The lowest BCUT2D eigenvalue weighted by Gasteiger charge is -2.12. The van der Waals surface area contributed by atoms with Crippen LogP contribution in [0.2, 0.25) is 0 Å². The van der Waals surface area contributed by atoms with Crippen LogP contribution in [0.1, 0.15) is 18.1 Å². The number of benzene rings is 2. The normalized spacial score (nSPS) is 11.1. The summed E-state index contributed by atoms with van der Waals surface area (Å²) in [5, 5.41) is 0. The molecule has 22 heavy (non-hydrogen) atoms. The SMILES string of the molecule is CCN(C)C=Nc1cc(C)c(Sc2ccccc2C)cc1Br. The van der Waals surface area contributed by atoms with Crippen molar-refractivity contribution in [2.24, 2.45) is 4.99 Å². The van der Waals surface area contributed by atoms with E-state index in [0.717, 1.165) is 16.7 Å². The topological polar surface area (TPSA) is 15.6 Å². The molecule has 0 unspecified atom stereocenters. The smallest absolute Gasteiger partial charge is 0.0910 e. The van der Waals surface area contributed by atoms with Crippen LogP contribution < -0.4 is 0 Å². The maximum Gasteiger partial charge on any atom is 0.0910 e. The van der Waals surface area contributed by atoms with Gasteiger partial charge in [-0.05, 0) is 66.0 Å². The van der Waals surface area contributed by atoms with Crippen molar-refractivity contribution in [1.82, 2.24) is 4.90 Å². The van der Waals surface area contributed by atoms with E-state index in [0.29, 0.717) is 0 Å². The summed E-state index contributed by atoms with van der Waals surface area (Å²) in [5.41, 5.74) is 3.50. The first-order valence-corrected chi connectivity index (χ1v) is 8.90. The van der Waals surface area contributed by atoms with Crippen LogP contribution in [0.15, 0.2) is 55.7 Å². The Kier molecular flexibility index (Phi) is 6.09. The minimum atomic E-state index is 0.946. The van der Waals surface area contributed by atoms with Crippen molar-refractivity contribution >= 4 is 39.7 Å². The van der Waals surface area contributed by atoms with Crippen molar-refractivity contribution in [3.63, 3.8) is 0 Å². The van der Waals surface area contributed by atoms with Gasteiger partial charge < -0.3 is 4.90 Å². The molecule has 2 aromatic carbocycles. The number of hydrogen-bond acceptors (Lipinski definition) is 2. The Labute approximate surface area is 145 Å². The fourth-order valence-electron chi connectivity index (χ4n) is 1.89. The van der Waals surface area contributed by atoms with E-state index in [1.165, 1.54) is 20.9 Å². The molecule has 0 atom stereocenters. The summed E-state index contributed by atoms with van der Waals surface area (Å²) in [4.78, 5) is 9.15. The van der Waals surface area contributed by atoms with E-state index in [1.807, 2.05) is 13.4 Å². The van der Waals surface area contributed by atoms with Crippen LogP contribution in [0.25, 0.3) is 0 Å². The number of halogens is 1. The second-order valence-corrected chi connectivity index (χ2v) is 7.19. The molecular formula is C18H21BrN2S. The van der Waals surface area contributed by atoms with Crippen molar-refractivity contribution in [2.75, 3.05) is 13.6 Å². The zero-order chi connectivity index (χ0) is 16.1. The van der Waals surface area contributed by atoms with Crippen molar-refractivity contribution in [1.29, 1.82) is 0 Å². The van der Waals surface area contributed by atoms with Gasteiger partial charge >= 0.3 is 0 Å². The molecule has 0 N–H and O–H groups in total. The number of rotatable bonds is 5. The molecule has 0 bridgehead atoms. The summed E-state index contributed by atoms with van der Waals surface area (Å²) in [5.74, 6) is 0. The van der Waals surface area contributed by atoms with Gasteiger partial charge in [0.1, 0.15) is 0 Å². The van der Waals surface area contributed by atoms with Gasteiger partial charge in [0.15, 0.2) is 0 Å². The predicted molar refractivity (Wildman–Crippen MR) is 101 cm³/mol. The summed E-state index contributed by atoms with van der Waals surface area (Å²) < 4.78 is 1.02. The second kappa shape index (κ2) is 7.84. The van der Waals surface area contributed by atoms with Crippen LogP contribution in [0.4, 0.5) is 5.69 Å². The van der Waals surface area contributed by atoms with Gasteiger partial charge in [0.25, 0.3) is 0 Å². The van der Waals surface area contributed by atoms with E-state index >= 15 is 0 Å². The molecule has 0 aliphatic carbocycles. The average Bonchev–Trinajstić information content (AvgIpc) is 2.51. The van der Waals surface area contributed by atoms with Crippen LogP contribution in [0.5, 0.6) is 0 Å². The van der Waals surface area contributed by atoms with Gasteiger partial charge in [-0.3, -0.25) is 0 Å². The Hall–Kier alpha value is -1.26. The van der Waals surface area contributed by atoms with E-state index in [-0.39, 0.29) is 0 Å². The summed E-state index contributed by atoms with van der Waals surface area (Å²) in [6, 6.07) is 12.8. The molecule has 2 nitrogen and oxygen atoms in total. The first-order chi connectivity index (χ1) is 10.5. The molecular weight excluding hydrogens is 356 g/mol. The summed E-state index contributed by atoms with van der Waals surface area (Å²) in [6.07, 6.45) is 1.87. The standard InChI is InChI=1S/C18H21BrN2S/c1-5-21(4)12-20-16-10-14(3)18(11-15(16)19)22-17-9-7-6-8-13(17)2/h6-12H,5H2,1-4H3. The van der Waals surface area contributed by atoms with Crippen LogP contribution in [0, 0.1) is 13.8 Å². The third-order valence-electron chi connectivity index (χ3n) is 3.45. The van der Waals surface area contributed by atoms with Crippen LogP contribution in [0.3, 0.4) is 0 Å². The Bertz CT molecular complexity index is 683. The second-order valence-electron chi connectivity index (χ2n) is 5.25. The molecule has 0 aliphatic heterocycles. The van der Waals surface area contributed by atoms with Gasteiger partial charge in [-0.1, -0.05) is 30.0 Å². The van der Waals surface area contributed by atoms with E-state index in [1.54, 1.807) is 11.8 Å². The highest BCUT2D eigenvalue weighted by atomic mass is 79.9. The zero-order valence-corrected chi connectivity index (χ0v) is 15.8. The lowest BCUT2D eigenvalue weighted by atomic mass is 10.2. The van der Waals surface area contributed by atoms with Gasteiger partial charge in [-0.2, -0.15) is 0 Å². The van der Waals surface area contributed by atoms with Crippen molar-refractivity contribution < 1.29 is 0 Å². The molecule has 0 saturated carbocycles. The molecule has 2 rings (SSSR count). The highest BCUT2D eigenvalue weighted by Crippen LogP contribution is 2.37. The van der Waals surface area contributed by atoms with E-state index in [2.05, 4.69) is 83.0 Å². The van der Waals surface area contributed by atoms with E-state index < -0.39 is 0 Å². The van der Waals surface area contributed by atoms with Crippen LogP contribution >= 0.6 is 27.7 Å². The number of aryl methyl sites for hydroxylation is 2. The Morgan fingerprint density at radius 3 is 2.55 bits per heavy atom. The summed E-state index contributed by atoms with van der Waals surface area (Å²) >= 11 is 5.44. The fraction of sp³-hybridized carbons (Fsp3) is 0.278. The lowest BCUT2D eigenvalue weighted by molar-refractivity contribution is 0.552. The molecule has 0 fully saturated rings. The van der Waals surface area contributed by atoms with Crippen molar-refractivity contribution in [3.8, 4) is 0 Å². The quantitative estimate of drug-likeness (QED) is 0.481. The minimum absolute atomic E-state index is 0.946. The Balaban J connectivity index is 2.27. The van der Waals surface area contributed by atoms with Gasteiger partial charge in [0.2, 0.25) is 0 Å². The lowest BCUT2D eigenvalue weighted by Crippen LogP contribution is -2.14. The molecule has 0 radical (unpaired) electrons. The average molecular weight is 377 g/mol. The van der Waals surface area contributed by atoms with Gasteiger partial charge in [0.05, 0.1) is 12.0 Å². The fourth-order valence-corrected chi connectivity index (χ4v) is 3.50. The van der Waals surface area contributed by atoms with Crippen molar-refractivity contribution in [2.45, 2.75) is 30.6 Å². The Morgan fingerprint density at radius 2 is 1.86 bits per heavy atom. The number of hydrogen-bond donors (Lipinski definition) is 0. The zero-order valence-electron chi connectivity index (χ0n) is 13.4. The van der Waals surface area contributed by atoms with Crippen LogP contribution in [-0.2, 0) is 0 Å². The first-order valence-electron chi connectivity index (χ1n) is 7.29. The highest BCUT2D eigenvalue weighted by Gasteiger charge is 2.08. The summed E-state index contributed by atoms with van der Waals surface area (Å²) in [6.45, 7) is 7.33. The first kappa shape index (κ1) is 17.1. The Morgan fingerprint density at radius 1 is 1.14 bits per heavy atom.